The summed E-state index contributed by atoms with van der Waals surface area (Å²) in [6, 6.07) is 0. The third-order valence-corrected chi connectivity index (χ3v) is 23.3. The van der Waals surface area contributed by atoms with Gasteiger partial charge in [0.1, 0.15) is 110 Å². The lowest BCUT2D eigenvalue weighted by Crippen LogP contribution is -2.67. The molecule has 10 rings (SSSR count). The Morgan fingerprint density at radius 1 is 0.535 bits per heavy atom. The molecule has 0 bridgehead atoms. The van der Waals surface area contributed by atoms with E-state index >= 15 is 4.79 Å². The first-order valence-electron chi connectivity index (χ1n) is 30.8. The third kappa shape index (κ3) is 11.1. The zero-order valence-corrected chi connectivity index (χ0v) is 50.0. The molecule has 0 radical (unpaired) electrons. The predicted molar refractivity (Wildman–Crippen MR) is 289 cm³/mol. The lowest BCUT2D eigenvalue weighted by Gasteiger charge is -2.71. The van der Waals surface area contributed by atoms with Crippen LogP contribution in [0.1, 0.15) is 113 Å². The maximum atomic E-state index is 15.2. The van der Waals surface area contributed by atoms with Crippen molar-refractivity contribution in [3.05, 3.63) is 11.6 Å². The Morgan fingerprint density at radius 3 is 1.69 bits per heavy atom. The number of aliphatic hydroxyl groups is 16. The molecule has 9 fully saturated rings. The van der Waals surface area contributed by atoms with Crippen molar-refractivity contribution in [1.82, 2.24) is 0 Å². The SMILES string of the molecule is C[C@@H]1O[C@@H](O[C@H]2[C@H](O)[C@@H](O)[C@H](O[C@H]3[C@H](O)[C@@H](O)[C@H](OC(=O)[C@]45CCC(C)(C)C[C@H]4C4=CC[C@H]6[C@@]7(C)CC[C@H](O[C@@H]8OC[C@H](O[C@@H]9O[C@H](CO)[C@@H](O)[C@H](O)[C@H]9O)[C@H](O)[C@H]8O)[C@@](C)(CO)[C@@H]7CC[C@@]6(C)[C@@]4(C)CC5)O[C@@H]3CO)O[C@@H]2CO)[C@H](O)[C@H](O)[C@H]1O. The quantitative estimate of drug-likeness (QED) is 0.0454. The van der Waals surface area contributed by atoms with Gasteiger partial charge in [-0.3, -0.25) is 4.79 Å². The largest absolute Gasteiger partial charge is 0.432 e. The van der Waals surface area contributed by atoms with E-state index in [0.29, 0.717) is 51.4 Å². The average molecular weight is 1240 g/mol. The van der Waals surface area contributed by atoms with Crippen LogP contribution in [0.4, 0.5) is 0 Å². The van der Waals surface area contributed by atoms with Gasteiger partial charge >= 0.3 is 5.97 Å². The summed E-state index contributed by atoms with van der Waals surface area (Å²) in [6.07, 6.45) is -31.1. The van der Waals surface area contributed by atoms with E-state index in [1.165, 1.54) is 12.5 Å². The molecule has 0 aromatic carbocycles. The van der Waals surface area contributed by atoms with E-state index in [0.717, 1.165) is 12.8 Å². The molecule has 0 unspecified atom stereocenters. The molecule has 33 atom stereocenters. The number of fused-ring (bicyclic) bond motifs is 7. The van der Waals surface area contributed by atoms with E-state index in [2.05, 4.69) is 40.7 Å². The van der Waals surface area contributed by atoms with Crippen LogP contribution in [-0.4, -0.2) is 274 Å². The average Bonchev–Trinajstić information content (AvgIpc) is 0.699. The summed E-state index contributed by atoms with van der Waals surface area (Å²) in [7, 11) is 0. The first kappa shape index (κ1) is 67.1. The highest BCUT2D eigenvalue weighted by atomic mass is 16.8. The first-order chi connectivity index (χ1) is 40.4. The van der Waals surface area contributed by atoms with Crippen LogP contribution < -0.4 is 0 Å². The summed E-state index contributed by atoms with van der Waals surface area (Å²) >= 11 is 0. The second-order valence-electron chi connectivity index (χ2n) is 28.5. The molecule has 4 saturated carbocycles. The lowest BCUT2D eigenvalue weighted by atomic mass is 9.33. The number of carbonyl (C=O) groups excluding carboxylic acids is 1. The highest BCUT2D eigenvalue weighted by Gasteiger charge is 2.71. The van der Waals surface area contributed by atoms with Gasteiger partial charge in [-0.05, 0) is 111 Å². The second-order valence-corrected chi connectivity index (χ2v) is 28.5. The van der Waals surface area contributed by atoms with Crippen molar-refractivity contribution >= 4 is 5.97 Å². The van der Waals surface area contributed by atoms with Gasteiger partial charge < -0.3 is 129 Å². The predicted octanol–water partition coefficient (Wildman–Crippen LogP) is -3.57. The van der Waals surface area contributed by atoms with Crippen LogP contribution >= 0.6 is 0 Å². The fraction of sp³-hybridized carbons (Fsp3) is 0.949. The van der Waals surface area contributed by atoms with Crippen LogP contribution in [0, 0.1) is 50.2 Å². The Bertz CT molecular complexity index is 2380. The molecule has 494 valence electrons. The van der Waals surface area contributed by atoms with Crippen molar-refractivity contribution in [2.45, 2.75) is 266 Å². The molecule has 5 saturated heterocycles. The molecule has 0 spiro atoms. The first-order valence-corrected chi connectivity index (χ1v) is 30.8. The molecule has 0 aromatic heterocycles. The van der Waals surface area contributed by atoms with E-state index < -0.39 is 196 Å². The van der Waals surface area contributed by atoms with Crippen molar-refractivity contribution < 1.29 is 134 Å². The topological polar surface area (TPSA) is 433 Å². The highest BCUT2D eigenvalue weighted by Crippen LogP contribution is 2.76. The van der Waals surface area contributed by atoms with Crippen molar-refractivity contribution in [3.8, 4) is 0 Å². The summed E-state index contributed by atoms with van der Waals surface area (Å²) in [6.45, 7) is 11.8. The molecule has 5 heterocycles. The number of allylic oxidation sites excluding steroid dienone is 2. The molecular formula is C59H96O27. The second kappa shape index (κ2) is 24.9. The normalized spacial score (nSPS) is 54.8. The van der Waals surface area contributed by atoms with Crippen molar-refractivity contribution in [2.24, 2.45) is 50.2 Å². The minimum atomic E-state index is -1.98. The molecule has 16 N–H and O–H groups in total. The number of hydrogen-bond acceptors (Lipinski definition) is 27. The number of ether oxygens (including phenoxy) is 10. The highest BCUT2D eigenvalue weighted by molar-refractivity contribution is 5.79. The summed E-state index contributed by atoms with van der Waals surface area (Å²) in [4.78, 5) is 15.2. The van der Waals surface area contributed by atoms with Crippen molar-refractivity contribution in [3.63, 3.8) is 0 Å². The van der Waals surface area contributed by atoms with Gasteiger partial charge in [-0.1, -0.05) is 53.2 Å². The van der Waals surface area contributed by atoms with E-state index in [1.807, 2.05) is 6.92 Å². The van der Waals surface area contributed by atoms with E-state index in [-0.39, 0.29) is 47.2 Å². The standard InChI is InChI=1S/C59H96O27/c1-24-34(64)37(67)42(72)49(78-24)84-46-28(20-61)80-51(44(74)39(46)69)85-47-29(21-62)81-52(45(75)40(47)70)86-53(76)59-16-14-54(2,3)18-26(59)25-8-9-32-55(4)12-11-33(56(5,23-63)31(55)10-13-58(32,7)57(25,6)15-17-59)83-48-41(71)36(66)30(22-77-48)82-50-43(73)38(68)35(65)27(19-60)79-50/h8,24,26-52,60-75H,9-23H2,1-7H3/t24-,26-,27+,28+,29+,30-,31+,32-,33-,34-,35+,36-,37+,38-,39+,40+,41+,42+,43+,44+,45+,46+,47+,48-,49-,50-,51-,52-,55-,56-,57-,58+,59-/m0/s1. The van der Waals surface area contributed by atoms with Crippen LogP contribution in [0.3, 0.4) is 0 Å². The Kier molecular flexibility index (Phi) is 19.4. The molecule has 86 heavy (non-hydrogen) atoms. The molecule has 27 nitrogen and oxygen atoms in total. The summed E-state index contributed by atoms with van der Waals surface area (Å²) < 4.78 is 58.8. The van der Waals surface area contributed by atoms with Crippen LogP contribution in [0.15, 0.2) is 11.6 Å². The van der Waals surface area contributed by atoms with Gasteiger partial charge in [0.05, 0.1) is 50.7 Å². The van der Waals surface area contributed by atoms with Crippen LogP contribution in [0.25, 0.3) is 0 Å². The number of esters is 1. The van der Waals surface area contributed by atoms with Crippen molar-refractivity contribution in [2.75, 3.05) is 33.0 Å². The van der Waals surface area contributed by atoms with Gasteiger partial charge in [-0.15, -0.1) is 0 Å². The summed E-state index contributed by atoms with van der Waals surface area (Å²) in [5, 5.41) is 173. The van der Waals surface area contributed by atoms with Gasteiger partial charge in [-0.25, -0.2) is 0 Å². The van der Waals surface area contributed by atoms with Gasteiger partial charge in [-0.2, -0.15) is 0 Å². The molecule has 27 heteroatoms. The molecule has 5 aliphatic carbocycles. The fourth-order valence-electron chi connectivity index (χ4n) is 17.7. The Morgan fingerprint density at radius 2 is 1.07 bits per heavy atom. The number of aliphatic hydroxyl groups excluding tert-OH is 16. The Labute approximate surface area is 499 Å². The fourth-order valence-corrected chi connectivity index (χ4v) is 17.7. The molecule has 0 aromatic rings. The molecule has 10 aliphatic rings. The molecular weight excluding hydrogens is 1140 g/mol. The number of hydrogen-bond donors (Lipinski definition) is 16. The summed E-state index contributed by atoms with van der Waals surface area (Å²) in [5.41, 5.74) is -1.93. The van der Waals surface area contributed by atoms with Crippen LogP contribution in [0.5, 0.6) is 0 Å². The maximum absolute atomic E-state index is 15.2. The third-order valence-electron chi connectivity index (χ3n) is 23.3. The Hall–Kier alpha value is -1.79. The zero-order valence-electron chi connectivity index (χ0n) is 50.0. The minimum absolute atomic E-state index is 0.0638. The van der Waals surface area contributed by atoms with Gasteiger partial charge in [0.25, 0.3) is 0 Å². The molecule has 5 aliphatic heterocycles. The Balaban J connectivity index is 0.812. The zero-order chi connectivity index (χ0) is 62.7. The van der Waals surface area contributed by atoms with Gasteiger partial charge in [0.15, 0.2) is 25.2 Å². The minimum Gasteiger partial charge on any atom is -0.432 e. The van der Waals surface area contributed by atoms with E-state index in [9.17, 15) is 81.7 Å². The smallest absolute Gasteiger partial charge is 0.315 e. The van der Waals surface area contributed by atoms with Gasteiger partial charge in [0, 0.05) is 5.41 Å². The monoisotopic (exact) mass is 1240 g/mol. The van der Waals surface area contributed by atoms with E-state index in [4.69, 9.17) is 47.4 Å². The maximum Gasteiger partial charge on any atom is 0.315 e. The van der Waals surface area contributed by atoms with Crippen LogP contribution in [-0.2, 0) is 52.2 Å². The lowest BCUT2D eigenvalue weighted by molar-refractivity contribution is -0.377. The van der Waals surface area contributed by atoms with E-state index in [1.54, 1.807) is 0 Å². The molecule has 0 amide bonds. The van der Waals surface area contributed by atoms with Gasteiger partial charge in [0.2, 0.25) is 6.29 Å². The number of carbonyl (C=O) groups is 1. The van der Waals surface area contributed by atoms with Crippen molar-refractivity contribution in [1.29, 1.82) is 0 Å². The van der Waals surface area contributed by atoms with Crippen LogP contribution in [0.2, 0.25) is 0 Å². The summed E-state index contributed by atoms with van der Waals surface area (Å²) in [5.74, 6) is -0.862. The number of rotatable bonds is 14.